The van der Waals surface area contributed by atoms with E-state index < -0.39 is 12.8 Å². The molecule has 1 N–H and O–H groups in total. The van der Waals surface area contributed by atoms with Gasteiger partial charge < -0.3 is 5.11 Å². The summed E-state index contributed by atoms with van der Waals surface area (Å²) in [7, 11) is 0. The minimum absolute atomic E-state index is 0. The van der Waals surface area contributed by atoms with E-state index in [1.807, 2.05) is 0 Å². The van der Waals surface area contributed by atoms with Crippen LogP contribution < -0.4 is 0 Å². The van der Waals surface area contributed by atoms with E-state index in [-0.39, 0.29) is 29.6 Å². The zero-order valence-corrected chi connectivity index (χ0v) is 14.8. The topological polar surface area (TPSA) is 37.3 Å². The molecule has 0 spiro atoms. The van der Waals surface area contributed by atoms with Crippen molar-refractivity contribution in [2.45, 2.75) is 96.7 Å². The number of rotatable bonds is 14. The Morgan fingerprint density at radius 2 is 1.16 bits per heavy atom. The van der Waals surface area contributed by atoms with E-state index in [1.54, 1.807) is 0 Å². The van der Waals surface area contributed by atoms with Crippen molar-refractivity contribution in [2.75, 3.05) is 0 Å². The SMILES string of the molecule is [2H]C([2H])([2H])CCCCCCCCCCCCCCC(=O)O.[Na]. The second-order valence-electron chi connectivity index (χ2n) is 5.14. The molecular formula is C16H32NaO2. The Balaban J connectivity index is 0. The van der Waals surface area contributed by atoms with E-state index in [0.29, 0.717) is 12.8 Å². The van der Waals surface area contributed by atoms with Crippen LogP contribution in [-0.2, 0) is 4.79 Å². The van der Waals surface area contributed by atoms with Crippen molar-refractivity contribution in [1.82, 2.24) is 0 Å². The average Bonchev–Trinajstić information content (AvgIpc) is 2.37. The molecule has 19 heavy (non-hydrogen) atoms. The molecule has 0 aromatic carbocycles. The molecule has 0 aromatic rings. The molecule has 0 fully saturated rings. The summed E-state index contributed by atoms with van der Waals surface area (Å²) in [6, 6.07) is 0. The molecule has 0 aliphatic rings. The van der Waals surface area contributed by atoms with E-state index in [2.05, 4.69) is 0 Å². The fourth-order valence-electron chi connectivity index (χ4n) is 2.17. The van der Waals surface area contributed by atoms with E-state index in [1.165, 1.54) is 38.5 Å². The molecule has 0 bridgehead atoms. The minimum Gasteiger partial charge on any atom is -0.481 e. The third kappa shape index (κ3) is 20.9. The zero-order chi connectivity index (χ0) is 16.0. The second kappa shape index (κ2) is 18.5. The summed E-state index contributed by atoms with van der Waals surface area (Å²) in [6.07, 6.45) is 14.2. The Hall–Kier alpha value is 0.470. The van der Waals surface area contributed by atoms with Crippen LogP contribution in [0.2, 0.25) is 0 Å². The van der Waals surface area contributed by atoms with Crippen molar-refractivity contribution in [3.05, 3.63) is 0 Å². The van der Waals surface area contributed by atoms with Crippen LogP contribution in [0.4, 0.5) is 0 Å². The van der Waals surface area contributed by atoms with Gasteiger partial charge in [-0.3, -0.25) is 4.79 Å². The van der Waals surface area contributed by atoms with Crippen molar-refractivity contribution in [3.63, 3.8) is 0 Å². The Kier molecular flexibility index (Phi) is 15.4. The summed E-state index contributed by atoms with van der Waals surface area (Å²) in [6.45, 7) is -1.75. The van der Waals surface area contributed by atoms with Crippen LogP contribution in [0.15, 0.2) is 0 Å². The van der Waals surface area contributed by atoms with Gasteiger partial charge in [-0.1, -0.05) is 83.9 Å². The van der Waals surface area contributed by atoms with Crippen molar-refractivity contribution >= 4 is 35.5 Å². The van der Waals surface area contributed by atoms with Gasteiger partial charge in [0.1, 0.15) is 0 Å². The smallest absolute Gasteiger partial charge is 0.303 e. The van der Waals surface area contributed by atoms with Gasteiger partial charge in [0.15, 0.2) is 0 Å². The molecule has 0 aliphatic heterocycles. The molecule has 0 amide bonds. The minimum atomic E-state index is -1.75. The quantitative estimate of drug-likeness (QED) is 0.352. The standard InChI is InChI=1S/C16H32O2.Na/c1-2-3-4-5-6-7-8-9-10-11-12-13-14-15-16(17)18;/h2-15H2,1H3,(H,17,18);/i1D3;. The molecule has 0 saturated carbocycles. The Morgan fingerprint density at radius 1 is 0.789 bits per heavy atom. The third-order valence-corrected chi connectivity index (χ3v) is 3.32. The molecule has 3 heteroatoms. The maximum absolute atomic E-state index is 10.3. The van der Waals surface area contributed by atoms with Gasteiger partial charge in [-0.15, -0.1) is 0 Å². The molecule has 1 radical (unpaired) electrons. The molecule has 2 nitrogen and oxygen atoms in total. The molecule has 0 aromatic heterocycles. The fraction of sp³-hybridized carbons (Fsp3) is 0.938. The van der Waals surface area contributed by atoms with Crippen LogP contribution in [0.1, 0.15) is 101 Å². The Morgan fingerprint density at radius 3 is 1.53 bits per heavy atom. The fourth-order valence-corrected chi connectivity index (χ4v) is 2.17. The maximum atomic E-state index is 10.3. The van der Waals surface area contributed by atoms with Gasteiger partial charge in [0.05, 0.1) is 0 Å². The van der Waals surface area contributed by atoms with Crippen LogP contribution in [0, 0.1) is 0 Å². The van der Waals surface area contributed by atoms with Crippen LogP contribution >= 0.6 is 0 Å². The number of aliphatic carboxylic acids is 1. The summed E-state index contributed by atoms with van der Waals surface area (Å²) in [4.78, 5) is 10.3. The molecule has 0 rings (SSSR count). The summed E-state index contributed by atoms with van der Waals surface area (Å²) < 4.78 is 21.3. The van der Waals surface area contributed by atoms with E-state index in [0.717, 1.165) is 38.5 Å². The van der Waals surface area contributed by atoms with E-state index in [4.69, 9.17) is 9.22 Å². The predicted molar refractivity (Wildman–Crippen MR) is 83.7 cm³/mol. The second-order valence-corrected chi connectivity index (χ2v) is 5.14. The van der Waals surface area contributed by atoms with Crippen LogP contribution in [-0.4, -0.2) is 40.6 Å². The third-order valence-electron chi connectivity index (χ3n) is 3.32. The van der Waals surface area contributed by atoms with Gasteiger partial charge in [-0.25, -0.2) is 0 Å². The number of unbranched alkanes of at least 4 members (excludes halogenated alkanes) is 11. The van der Waals surface area contributed by atoms with Crippen molar-refractivity contribution in [1.29, 1.82) is 0 Å². The summed E-state index contributed by atoms with van der Waals surface area (Å²) in [5, 5.41) is 8.50. The summed E-state index contributed by atoms with van der Waals surface area (Å²) >= 11 is 0. The van der Waals surface area contributed by atoms with Gasteiger partial charge in [0, 0.05) is 40.1 Å². The molecular weight excluding hydrogens is 247 g/mol. The first-order chi connectivity index (χ1) is 9.92. The number of carboxylic acids is 1. The van der Waals surface area contributed by atoms with Gasteiger partial charge in [0.25, 0.3) is 0 Å². The molecule has 0 heterocycles. The number of hydrogen-bond donors (Lipinski definition) is 1. The van der Waals surface area contributed by atoms with Crippen molar-refractivity contribution in [2.24, 2.45) is 0 Å². The summed E-state index contributed by atoms with van der Waals surface area (Å²) in [5.41, 5.74) is 0. The van der Waals surface area contributed by atoms with Gasteiger partial charge >= 0.3 is 5.97 Å². The first-order valence-electron chi connectivity index (χ1n) is 9.13. The molecule has 0 aliphatic carbocycles. The Labute approximate surface area is 146 Å². The predicted octanol–water partition coefficient (Wildman–Crippen LogP) is 5.17. The average molecular weight is 282 g/mol. The largest absolute Gasteiger partial charge is 0.481 e. The number of carboxylic acid groups (broad SMARTS) is 1. The monoisotopic (exact) mass is 282 g/mol. The van der Waals surface area contributed by atoms with Gasteiger partial charge in [-0.2, -0.15) is 0 Å². The first kappa shape index (κ1) is 15.9. The number of hydrogen-bond acceptors (Lipinski definition) is 1. The molecule has 109 valence electrons. The van der Waals surface area contributed by atoms with Gasteiger partial charge in [0.2, 0.25) is 0 Å². The normalized spacial score (nSPS) is 13.2. The Bertz CT molecular complexity index is 258. The van der Waals surface area contributed by atoms with E-state index in [9.17, 15) is 4.79 Å². The van der Waals surface area contributed by atoms with E-state index >= 15 is 0 Å². The first-order valence-corrected chi connectivity index (χ1v) is 7.63. The van der Waals surface area contributed by atoms with Crippen molar-refractivity contribution in [3.8, 4) is 0 Å². The molecule has 0 saturated heterocycles. The van der Waals surface area contributed by atoms with Crippen molar-refractivity contribution < 1.29 is 14.0 Å². The van der Waals surface area contributed by atoms with Gasteiger partial charge in [-0.05, 0) is 6.42 Å². The molecule has 0 unspecified atom stereocenters. The van der Waals surface area contributed by atoms with Crippen LogP contribution in [0.5, 0.6) is 0 Å². The maximum Gasteiger partial charge on any atom is 0.303 e. The molecule has 0 atom stereocenters. The van der Waals surface area contributed by atoms with Crippen LogP contribution in [0.25, 0.3) is 0 Å². The number of carbonyl (C=O) groups is 1. The van der Waals surface area contributed by atoms with Crippen LogP contribution in [0.3, 0.4) is 0 Å². The zero-order valence-electron chi connectivity index (χ0n) is 15.8. The summed E-state index contributed by atoms with van der Waals surface area (Å²) in [5.74, 6) is -0.686.